The average molecular weight is 358 g/mol. The molecule has 1 atom stereocenters. The summed E-state index contributed by atoms with van der Waals surface area (Å²) in [5.74, 6) is 0.00396. The average Bonchev–Trinajstić information content (AvgIpc) is 2.27. The summed E-state index contributed by atoms with van der Waals surface area (Å²) in [6.45, 7) is 1.83. The summed E-state index contributed by atoms with van der Waals surface area (Å²) in [4.78, 5) is 0.189. The smallest absolute Gasteiger partial charge is 0.483 e. The number of benzene rings is 1. The molecule has 0 bridgehead atoms. The van der Waals surface area contributed by atoms with Gasteiger partial charge in [-0.15, -0.1) is 13.2 Å². The Balaban J connectivity index is 2.85. The van der Waals surface area contributed by atoms with Gasteiger partial charge in [-0.1, -0.05) is 19.1 Å². The second-order valence-electron chi connectivity index (χ2n) is 3.56. The molecule has 2 N–H and O–H groups in total. The summed E-state index contributed by atoms with van der Waals surface area (Å²) in [6.07, 6.45) is -4.64. The zero-order valence-electron chi connectivity index (χ0n) is 9.83. The maximum absolute atomic E-state index is 12.1. The highest BCUT2D eigenvalue weighted by Crippen LogP contribution is 2.33. The van der Waals surface area contributed by atoms with E-state index in [-0.39, 0.29) is 15.2 Å². The molecule has 0 spiro atoms. The number of ether oxygens (including phenoxy) is 2. The van der Waals surface area contributed by atoms with Crippen molar-refractivity contribution >= 4 is 33.1 Å². The van der Waals surface area contributed by atoms with E-state index in [1.54, 1.807) is 0 Å². The fourth-order valence-corrected chi connectivity index (χ4v) is 1.92. The minimum Gasteiger partial charge on any atom is -0.483 e. The molecular weight excluding hydrogens is 347 g/mol. The lowest BCUT2D eigenvalue weighted by molar-refractivity contribution is -0.274. The van der Waals surface area contributed by atoms with E-state index >= 15 is 0 Å². The largest absolute Gasteiger partial charge is 0.573 e. The number of hydrogen-bond donors (Lipinski definition) is 1. The number of thiocarbonyl (C=S) groups is 1. The van der Waals surface area contributed by atoms with Gasteiger partial charge < -0.3 is 15.2 Å². The Kier molecular flexibility index (Phi) is 5.42. The molecule has 3 nitrogen and oxygen atoms in total. The number of hydrogen-bond acceptors (Lipinski definition) is 3. The van der Waals surface area contributed by atoms with Gasteiger partial charge in [-0.3, -0.25) is 0 Å². The maximum atomic E-state index is 12.1. The van der Waals surface area contributed by atoms with Crippen LogP contribution in [-0.2, 0) is 0 Å². The molecule has 1 aromatic rings. The van der Waals surface area contributed by atoms with Gasteiger partial charge in [0.05, 0.1) is 4.47 Å². The van der Waals surface area contributed by atoms with E-state index < -0.39 is 12.5 Å². The monoisotopic (exact) mass is 357 g/mol. The summed E-state index contributed by atoms with van der Waals surface area (Å²) in [5, 5.41) is 0. The van der Waals surface area contributed by atoms with Gasteiger partial charge in [-0.25, -0.2) is 0 Å². The van der Waals surface area contributed by atoms with Crippen molar-refractivity contribution in [3.05, 3.63) is 22.7 Å². The zero-order chi connectivity index (χ0) is 14.6. The maximum Gasteiger partial charge on any atom is 0.573 e. The van der Waals surface area contributed by atoms with E-state index in [2.05, 4.69) is 20.7 Å². The van der Waals surface area contributed by atoms with Gasteiger partial charge in [-0.2, -0.15) is 0 Å². The summed E-state index contributed by atoms with van der Waals surface area (Å²) in [6, 6.07) is 3.87. The molecule has 1 rings (SSSR count). The Morgan fingerprint density at radius 3 is 2.53 bits per heavy atom. The van der Waals surface area contributed by atoms with Crippen molar-refractivity contribution in [2.24, 2.45) is 5.73 Å². The molecule has 0 amide bonds. The first-order valence-corrected chi connectivity index (χ1v) is 6.44. The van der Waals surface area contributed by atoms with E-state index in [0.29, 0.717) is 12.2 Å². The van der Waals surface area contributed by atoms with Crippen LogP contribution in [0.15, 0.2) is 22.7 Å². The molecule has 0 aliphatic rings. The third kappa shape index (κ3) is 5.23. The minimum absolute atomic E-state index is 0.125. The molecule has 0 fully saturated rings. The molecule has 8 heteroatoms. The van der Waals surface area contributed by atoms with Gasteiger partial charge in [0.2, 0.25) is 0 Å². The highest BCUT2D eigenvalue weighted by molar-refractivity contribution is 9.10. The van der Waals surface area contributed by atoms with Gasteiger partial charge in [0.15, 0.2) is 0 Å². The second-order valence-corrected chi connectivity index (χ2v) is 4.88. The summed E-state index contributed by atoms with van der Waals surface area (Å²) in [5.41, 5.74) is 5.47. The fraction of sp³-hybridized carbons (Fsp3) is 0.364. The highest BCUT2D eigenvalue weighted by atomic mass is 79.9. The zero-order valence-corrected chi connectivity index (χ0v) is 12.2. The first-order valence-electron chi connectivity index (χ1n) is 5.24. The summed E-state index contributed by atoms with van der Waals surface area (Å²) in [7, 11) is 0. The second kappa shape index (κ2) is 6.42. The molecule has 0 radical (unpaired) electrons. The molecule has 0 saturated heterocycles. The molecule has 0 aliphatic carbocycles. The SMILES string of the molecule is CCC(Oc1ccc(OC(F)(F)F)c(Br)c1)C(N)=S. The Morgan fingerprint density at radius 1 is 1.47 bits per heavy atom. The molecular formula is C11H11BrF3NO2S. The van der Waals surface area contributed by atoms with Crippen LogP contribution in [-0.4, -0.2) is 17.5 Å². The number of halogens is 4. The molecule has 0 aliphatic heterocycles. The number of nitrogens with two attached hydrogens (primary N) is 1. The van der Waals surface area contributed by atoms with Crippen molar-refractivity contribution in [1.82, 2.24) is 0 Å². The van der Waals surface area contributed by atoms with Crippen LogP contribution in [0.25, 0.3) is 0 Å². The van der Waals surface area contributed by atoms with E-state index in [9.17, 15) is 13.2 Å². The van der Waals surface area contributed by atoms with Crippen molar-refractivity contribution in [2.45, 2.75) is 25.8 Å². The third-order valence-electron chi connectivity index (χ3n) is 2.10. The topological polar surface area (TPSA) is 44.5 Å². The highest BCUT2D eigenvalue weighted by Gasteiger charge is 2.32. The van der Waals surface area contributed by atoms with Crippen LogP contribution in [0.5, 0.6) is 11.5 Å². The van der Waals surface area contributed by atoms with Crippen LogP contribution >= 0.6 is 28.1 Å². The van der Waals surface area contributed by atoms with Crippen LogP contribution in [0.4, 0.5) is 13.2 Å². The van der Waals surface area contributed by atoms with Crippen LogP contribution in [0, 0.1) is 0 Å². The molecule has 0 saturated carbocycles. The molecule has 0 aromatic heterocycles. The van der Waals surface area contributed by atoms with Gasteiger partial charge in [0.25, 0.3) is 0 Å². The first-order chi connectivity index (χ1) is 8.73. The van der Waals surface area contributed by atoms with Crippen LogP contribution in [0.2, 0.25) is 0 Å². The predicted molar refractivity (Wildman–Crippen MR) is 72.3 cm³/mol. The van der Waals surface area contributed by atoms with E-state index in [4.69, 9.17) is 22.7 Å². The lowest BCUT2D eigenvalue weighted by atomic mass is 10.2. The number of rotatable bonds is 5. The van der Waals surface area contributed by atoms with Crippen molar-refractivity contribution in [3.63, 3.8) is 0 Å². The Hall–Kier alpha value is -1.02. The quantitative estimate of drug-likeness (QED) is 0.814. The van der Waals surface area contributed by atoms with Gasteiger partial charge >= 0.3 is 6.36 Å². The van der Waals surface area contributed by atoms with Crippen LogP contribution < -0.4 is 15.2 Å². The van der Waals surface area contributed by atoms with Crippen molar-refractivity contribution in [3.8, 4) is 11.5 Å². The van der Waals surface area contributed by atoms with E-state index in [1.165, 1.54) is 12.1 Å². The lowest BCUT2D eigenvalue weighted by Crippen LogP contribution is -2.31. The summed E-state index contributed by atoms with van der Waals surface area (Å²) >= 11 is 7.79. The minimum atomic E-state index is -4.74. The standard InChI is InChI=1S/C11H11BrF3NO2S/c1-2-8(10(16)19)17-6-3-4-9(7(12)5-6)18-11(13,14)15/h3-5,8H,2H2,1H3,(H2,16,19). The predicted octanol–water partition coefficient (Wildman–Crippen LogP) is 3.79. The normalized spacial score (nSPS) is 12.9. The van der Waals surface area contributed by atoms with Gasteiger partial charge in [0, 0.05) is 0 Å². The van der Waals surface area contributed by atoms with Crippen molar-refractivity contribution in [2.75, 3.05) is 0 Å². The third-order valence-corrected chi connectivity index (χ3v) is 2.98. The van der Waals surface area contributed by atoms with Crippen molar-refractivity contribution in [1.29, 1.82) is 0 Å². The Morgan fingerprint density at radius 2 is 2.11 bits per heavy atom. The van der Waals surface area contributed by atoms with Gasteiger partial charge in [-0.05, 0) is 40.5 Å². The van der Waals surface area contributed by atoms with Crippen molar-refractivity contribution < 1.29 is 22.6 Å². The summed E-state index contributed by atoms with van der Waals surface area (Å²) < 4.78 is 45.6. The fourth-order valence-electron chi connectivity index (χ4n) is 1.27. The molecule has 19 heavy (non-hydrogen) atoms. The van der Waals surface area contributed by atoms with Crippen LogP contribution in [0.3, 0.4) is 0 Å². The van der Waals surface area contributed by atoms with E-state index in [1.807, 2.05) is 6.92 Å². The van der Waals surface area contributed by atoms with Crippen LogP contribution in [0.1, 0.15) is 13.3 Å². The molecule has 0 heterocycles. The van der Waals surface area contributed by atoms with Gasteiger partial charge in [0.1, 0.15) is 22.6 Å². The lowest BCUT2D eigenvalue weighted by Gasteiger charge is -2.17. The van der Waals surface area contributed by atoms with E-state index in [0.717, 1.165) is 6.07 Å². The number of alkyl halides is 3. The first kappa shape index (κ1) is 16.0. The molecule has 106 valence electrons. The molecule has 1 unspecified atom stereocenters. The Labute approximate surface area is 122 Å². The Bertz CT molecular complexity index is 468. The molecule has 1 aromatic carbocycles.